The van der Waals surface area contributed by atoms with E-state index in [2.05, 4.69) is 10.4 Å². The molecule has 0 aliphatic heterocycles. The van der Waals surface area contributed by atoms with Gasteiger partial charge in [0.05, 0.1) is 11.4 Å². The van der Waals surface area contributed by atoms with E-state index in [0.717, 1.165) is 16.9 Å². The van der Waals surface area contributed by atoms with Crippen molar-refractivity contribution in [3.05, 3.63) is 83.7 Å². The topological polar surface area (TPSA) is 90.0 Å². The Morgan fingerprint density at radius 2 is 1.88 bits per heavy atom. The molecular weight excluding hydrogens is 328 g/mol. The standard InChI is InChI=1S/C20H18N4O2/c1-14-11-12-24(23-14)18-4-2-3-17(13-18)22-19(25)10-7-15-5-8-16(9-6-15)20(21)26/h2-13H,1H3,(H2,21,26)(H,22,25)/b10-7+. The zero-order chi connectivity index (χ0) is 18.5. The zero-order valence-corrected chi connectivity index (χ0v) is 14.2. The van der Waals surface area contributed by atoms with Crippen molar-refractivity contribution < 1.29 is 9.59 Å². The number of hydrogen-bond donors (Lipinski definition) is 2. The first kappa shape index (κ1) is 17.2. The smallest absolute Gasteiger partial charge is 0.248 e. The Kier molecular flexibility index (Phi) is 4.94. The summed E-state index contributed by atoms with van der Waals surface area (Å²) >= 11 is 0. The number of rotatable bonds is 5. The molecule has 1 heterocycles. The van der Waals surface area contributed by atoms with Gasteiger partial charge in [0.1, 0.15) is 0 Å². The van der Waals surface area contributed by atoms with Crippen molar-refractivity contribution in [1.29, 1.82) is 0 Å². The quantitative estimate of drug-likeness (QED) is 0.696. The van der Waals surface area contributed by atoms with E-state index in [4.69, 9.17) is 5.73 Å². The highest BCUT2D eigenvalue weighted by molar-refractivity contribution is 6.02. The highest BCUT2D eigenvalue weighted by Crippen LogP contribution is 2.15. The summed E-state index contributed by atoms with van der Waals surface area (Å²) in [7, 11) is 0. The first-order valence-corrected chi connectivity index (χ1v) is 8.03. The molecule has 0 saturated carbocycles. The van der Waals surface area contributed by atoms with Crippen LogP contribution >= 0.6 is 0 Å². The van der Waals surface area contributed by atoms with Gasteiger partial charge in [0.2, 0.25) is 11.8 Å². The minimum absolute atomic E-state index is 0.252. The highest BCUT2D eigenvalue weighted by Gasteiger charge is 2.03. The molecular formula is C20H18N4O2. The van der Waals surface area contributed by atoms with Crippen molar-refractivity contribution in [1.82, 2.24) is 9.78 Å². The number of hydrogen-bond acceptors (Lipinski definition) is 3. The van der Waals surface area contributed by atoms with Crippen LogP contribution in [0.1, 0.15) is 21.6 Å². The predicted molar refractivity (Wildman–Crippen MR) is 101 cm³/mol. The summed E-state index contributed by atoms with van der Waals surface area (Å²) in [6.45, 7) is 1.92. The molecule has 2 aromatic carbocycles. The van der Waals surface area contributed by atoms with Gasteiger partial charge in [-0.1, -0.05) is 18.2 Å². The van der Waals surface area contributed by atoms with Gasteiger partial charge in [0.25, 0.3) is 0 Å². The first-order valence-electron chi connectivity index (χ1n) is 8.03. The number of aryl methyl sites for hydroxylation is 1. The SMILES string of the molecule is Cc1ccn(-c2cccc(NC(=O)/C=C/c3ccc(C(N)=O)cc3)c2)n1. The van der Waals surface area contributed by atoms with Gasteiger partial charge in [-0.05, 0) is 55.0 Å². The summed E-state index contributed by atoms with van der Waals surface area (Å²) in [5.74, 6) is -0.733. The van der Waals surface area contributed by atoms with E-state index < -0.39 is 5.91 Å². The molecule has 26 heavy (non-hydrogen) atoms. The lowest BCUT2D eigenvalue weighted by atomic mass is 10.1. The number of aromatic nitrogens is 2. The average Bonchev–Trinajstić information content (AvgIpc) is 3.07. The van der Waals surface area contributed by atoms with E-state index in [1.807, 2.05) is 43.5 Å². The lowest BCUT2D eigenvalue weighted by Gasteiger charge is -2.06. The Hall–Kier alpha value is -3.67. The second-order valence-corrected chi connectivity index (χ2v) is 5.76. The number of carbonyl (C=O) groups is 2. The lowest BCUT2D eigenvalue weighted by molar-refractivity contribution is -0.111. The average molecular weight is 346 g/mol. The summed E-state index contributed by atoms with van der Waals surface area (Å²) in [6.07, 6.45) is 4.97. The van der Waals surface area contributed by atoms with Gasteiger partial charge in [-0.15, -0.1) is 0 Å². The first-order chi connectivity index (χ1) is 12.5. The number of amides is 2. The van der Waals surface area contributed by atoms with Crippen LogP contribution in [0, 0.1) is 6.92 Å². The Balaban J connectivity index is 1.67. The molecule has 0 spiro atoms. The van der Waals surface area contributed by atoms with Crippen molar-refractivity contribution in [2.75, 3.05) is 5.32 Å². The Bertz CT molecular complexity index is 971. The van der Waals surface area contributed by atoms with Crippen LogP contribution in [0.25, 0.3) is 11.8 Å². The Labute approximate surface area is 151 Å². The summed E-state index contributed by atoms with van der Waals surface area (Å²) in [4.78, 5) is 23.2. The summed E-state index contributed by atoms with van der Waals surface area (Å²) in [5.41, 5.74) is 8.88. The molecule has 3 rings (SSSR count). The Morgan fingerprint density at radius 1 is 1.12 bits per heavy atom. The van der Waals surface area contributed by atoms with Gasteiger partial charge >= 0.3 is 0 Å². The van der Waals surface area contributed by atoms with E-state index in [1.54, 1.807) is 35.0 Å². The number of carbonyl (C=O) groups excluding carboxylic acids is 2. The molecule has 0 radical (unpaired) electrons. The van der Waals surface area contributed by atoms with Crippen LogP contribution in [-0.4, -0.2) is 21.6 Å². The van der Waals surface area contributed by atoms with Crippen LogP contribution in [0.4, 0.5) is 5.69 Å². The number of nitrogens with zero attached hydrogens (tertiary/aromatic N) is 2. The number of anilines is 1. The molecule has 0 aliphatic rings. The monoisotopic (exact) mass is 346 g/mol. The van der Waals surface area contributed by atoms with Crippen molar-refractivity contribution >= 4 is 23.6 Å². The molecule has 1 aromatic heterocycles. The molecule has 3 N–H and O–H groups in total. The summed E-state index contributed by atoms with van der Waals surface area (Å²) in [6, 6.07) is 16.0. The molecule has 0 unspecified atom stereocenters. The maximum atomic E-state index is 12.1. The van der Waals surface area contributed by atoms with E-state index in [0.29, 0.717) is 11.3 Å². The van der Waals surface area contributed by atoms with Crippen molar-refractivity contribution in [2.45, 2.75) is 6.92 Å². The molecule has 0 bridgehead atoms. The molecule has 2 amide bonds. The van der Waals surface area contributed by atoms with Crippen LogP contribution in [0.5, 0.6) is 0 Å². The van der Waals surface area contributed by atoms with Crippen molar-refractivity contribution in [3.63, 3.8) is 0 Å². The van der Waals surface area contributed by atoms with Gasteiger partial charge in [-0.2, -0.15) is 5.10 Å². The van der Waals surface area contributed by atoms with E-state index in [9.17, 15) is 9.59 Å². The van der Waals surface area contributed by atoms with Gasteiger partial charge in [0.15, 0.2) is 0 Å². The fraction of sp³-hybridized carbons (Fsp3) is 0.0500. The Morgan fingerprint density at radius 3 is 2.54 bits per heavy atom. The lowest BCUT2D eigenvalue weighted by Crippen LogP contribution is -2.10. The number of benzene rings is 2. The zero-order valence-electron chi connectivity index (χ0n) is 14.2. The molecule has 3 aromatic rings. The van der Waals surface area contributed by atoms with Crippen LogP contribution in [0.3, 0.4) is 0 Å². The minimum atomic E-state index is -0.481. The second-order valence-electron chi connectivity index (χ2n) is 5.76. The van der Waals surface area contributed by atoms with E-state index in [1.165, 1.54) is 6.08 Å². The predicted octanol–water partition coefficient (Wildman–Crippen LogP) is 2.93. The van der Waals surface area contributed by atoms with Crippen LogP contribution in [0.15, 0.2) is 66.9 Å². The van der Waals surface area contributed by atoms with Crippen LogP contribution < -0.4 is 11.1 Å². The molecule has 130 valence electrons. The third-order valence-electron chi connectivity index (χ3n) is 3.72. The van der Waals surface area contributed by atoms with Crippen molar-refractivity contribution in [3.8, 4) is 5.69 Å². The van der Waals surface area contributed by atoms with Gasteiger partial charge < -0.3 is 11.1 Å². The maximum absolute atomic E-state index is 12.1. The molecule has 6 heteroatoms. The number of primary amides is 1. The fourth-order valence-corrected chi connectivity index (χ4v) is 2.40. The highest BCUT2D eigenvalue weighted by atomic mass is 16.1. The maximum Gasteiger partial charge on any atom is 0.248 e. The van der Waals surface area contributed by atoms with Crippen LogP contribution in [0.2, 0.25) is 0 Å². The van der Waals surface area contributed by atoms with E-state index in [-0.39, 0.29) is 5.91 Å². The van der Waals surface area contributed by atoms with Gasteiger partial charge in [-0.3, -0.25) is 9.59 Å². The number of nitrogens with one attached hydrogen (secondary N) is 1. The van der Waals surface area contributed by atoms with E-state index >= 15 is 0 Å². The minimum Gasteiger partial charge on any atom is -0.366 e. The largest absolute Gasteiger partial charge is 0.366 e. The third kappa shape index (κ3) is 4.24. The summed E-state index contributed by atoms with van der Waals surface area (Å²) < 4.78 is 1.75. The summed E-state index contributed by atoms with van der Waals surface area (Å²) in [5, 5.41) is 7.17. The number of nitrogens with two attached hydrogens (primary N) is 1. The molecule has 0 fully saturated rings. The van der Waals surface area contributed by atoms with Gasteiger partial charge in [0, 0.05) is 23.5 Å². The fourth-order valence-electron chi connectivity index (χ4n) is 2.40. The third-order valence-corrected chi connectivity index (χ3v) is 3.72. The van der Waals surface area contributed by atoms with Crippen LogP contribution in [-0.2, 0) is 4.79 Å². The molecule has 6 nitrogen and oxygen atoms in total. The molecule has 0 atom stereocenters. The normalized spacial score (nSPS) is 10.8. The van der Waals surface area contributed by atoms with Crippen molar-refractivity contribution in [2.24, 2.45) is 5.73 Å². The molecule has 0 aliphatic carbocycles. The second kappa shape index (κ2) is 7.48. The van der Waals surface area contributed by atoms with Gasteiger partial charge in [-0.25, -0.2) is 4.68 Å². The molecule has 0 saturated heterocycles.